The van der Waals surface area contributed by atoms with Crippen LogP contribution in [0.5, 0.6) is 0 Å². The molecule has 0 bridgehead atoms. The maximum absolute atomic E-state index is 9.52. The molecule has 1 aromatic carbocycles. The maximum atomic E-state index is 9.52. The standard InChI is InChI=1S/C13H20N2O/c1-11-8-9-13(14-16,10-15(11)2)12-6-4-3-5-7-12/h3-7,11,14,16H,8-10H2,1-2H3. The van der Waals surface area contributed by atoms with Crippen molar-refractivity contribution in [2.24, 2.45) is 0 Å². The number of hydroxylamine groups is 1. The van der Waals surface area contributed by atoms with E-state index in [9.17, 15) is 5.21 Å². The summed E-state index contributed by atoms with van der Waals surface area (Å²) in [6.07, 6.45) is 2.07. The molecule has 16 heavy (non-hydrogen) atoms. The fourth-order valence-electron chi connectivity index (χ4n) is 2.48. The van der Waals surface area contributed by atoms with Crippen molar-refractivity contribution in [1.82, 2.24) is 10.4 Å². The van der Waals surface area contributed by atoms with Crippen LogP contribution in [-0.4, -0.2) is 29.7 Å². The third-order valence-electron chi connectivity index (χ3n) is 3.80. The van der Waals surface area contributed by atoms with Gasteiger partial charge in [0, 0.05) is 12.6 Å². The van der Waals surface area contributed by atoms with Gasteiger partial charge in [-0.3, -0.25) is 0 Å². The van der Waals surface area contributed by atoms with Crippen molar-refractivity contribution in [2.75, 3.05) is 13.6 Å². The molecule has 2 unspecified atom stereocenters. The van der Waals surface area contributed by atoms with Gasteiger partial charge in [0.05, 0.1) is 5.54 Å². The first-order chi connectivity index (χ1) is 7.68. The lowest BCUT2D eigenvalue weighted by Gasteiger charge is -2.44. The summed E-state index contributed by atoms with van der Waals surface area (Å²) in [5, 5.41) is 9.52. The molecule has 1 aliphatic rings. The minimum absolute atomic E-state index is 0.303. The molecule has 2 rings (SSSR count). The number of piperidine rings is 1. The van der Waals surface area contributed by atoms with Gasteiger partial charge < -0.3 is 10.1 Å². The van der Waals surface area contributed by atoms with Crippen LogP contribution in [0, 0.1) is 0 Å². The summed E-state index contributed by atoms with van der Waals surface area (Å²) in [5.41, 5.74) is 3.40. The molecule has 0 amide bonds. The zero-order valence-corrected chi connectivity index (χ0v) is 9.98. The maximum Gasteiger partial charge on any atom is 0.0805 e. The minimum Gasteiger partial charge on any atom is -0.316 e. The summed E-state index contributed by atoms with van der Waals surface area (Å²) < 4.78 is 0. The molecule has 2 atom stereocenters. The number of hydrogen-bond acceptors (Lipinski definition) is 3. The second-order valence-electron chi connectivity index (χ2n) is 4.86. The van der Waals surface area contributed by atoms with Crippen LogP contribution >= 0.6 is 0 Å². The van der Waals surface area contributed by atoms with Gasteiger partial charge in [-0.25, -0.2) is 0 Å². The van der Waals surface area contributed by atoms with Gasteiger partial charge in [0.2, 0.25) is 0 Å². The van der Waals surface area contributed by atoms with E-state index in [0.717, 1.165) is 24.9 Å². The Morgan fingerprint density at radius 2 is 2.06 bits per heavy atom. The number of hydrogen-bond donors (Lipinski definition) is 2. The average molecular weight is 220 g/mol. The molecule has 1 fully saturated rings. The third-order valence-corrected chi connectivity index (χ3v) is 3.80. The van der Waals surface area contributed by atoms with Crippen LogP contribution in [0.25, 0.3) is 0 Å². The quantitative estimate of drug-likeness (QED) is 0.748. The van der Waals surface area contributed by atoms with Crippen LogP contribution in [0.15, 0.2) is 30.3 Å². The van der Waals surface area contributed by atoms with Crippen LogP contribution in [0.2, 0.25) is 0 Å². The number of likely N-dealkylation sites (tertiary alicyclic amines) is 1. The zero-order valence-electron chi connectivity index (χ0n) is 9.98. The first-order valence-corrected chi connectivity index (χ1v) is 5.85. The summed E-state index contributed by atoms with van der Waals surface area (Å²) >= 11 is 0. The highest BCUT2D eigenvalue weighted by molar-refractivity contribution is 5.25. The Morgan fingerprint density at radius 3 is 2.62 bits per heavy atom. The lowest BCUT2D eigenvalue weighted by Crippen LogP contribution is -2.55. The zero-order chi connectivity index (χ0) is 11.6. The Kier molecular flexibility index (Phi) is 3.28. The van der Waals surface area contributed by atoms with E-state index in [2.05, 4.69) is 36.5 Å². The molecule has 1 aromatic rings. The van der Waals surface area contributed by atoms with E-state index in [-0.39, 0.29) is 5.54 Å². The van der Waals surface area contributed by atoms with E-state index in [1.165, 1.54) is 0 Å². The van der Waals surface area contributed by atoms with Gasteiger partial charge in [0.1, 0.15) is 0 Å². The van der Waals surface area contributed by atoms with Crippen molar-refractivity contribution in [3.05, 3.63) is 35.9 Å². The number of rotatable bonds is 2. The highest BCUT2D eigenvalue weighted by Crippen LogP contribution is 2.32. The van der Waals surface area contributed by atoms with Gasteiger partial charge in [0.15, 0.2) is 0 Å². The Balaban J connectivity index is 2.27. The molecule has 0 aliphatic carbocycles. The fourth-order valence-corrected chi connectivity index (χ4v) is 2.48. The molecule has 0 saturated carbocycles. The predicted molar refractivity (Wildman–Crippen MR) is 64.4 cm³/mol. The van der Waals surface area contributed by atoms with Gasteiger partial charge in [-0.05, 0) is 32.4 Å². The van der Waals surface area contributed by atoms with Gasteiger partial charge >= 0.3 is 0 Å². The molecule has 2 N–H and O–H groups in total. The molecule has 0 spiro atoms. The SMILES string of the molecule is CC1CCC(NO)(c2ccccc2)CN1C. The number of nitrogens with zero attached hydrogens (tertiary/aromatic N) is 1. The molecule has 1 aliphatic heterocycles. The van der Waals surface area contributed by atoms with E-state index in [0.29, 0.717) is 6.04 Å². The van der Waals surface area contributed by atoms with E-state index in [1.807, 2.05) is 18.2 Å². The molecule has 1 saturated heterocycles. The largest absolute Gasteiger partial charge is 0.316 e. The summed E-state index contributed by atoms with van der Waals surface area (Å²) in [7, 11) is 2.11. The number of benzene rings is 1. The lowest BCUT2D eigenvalue weighted by molar-refractivity contribution is -0.00363. The fraction of sp³-hybridized carbons (Fsp3) is 0.538. The van der Waals surface area contributed by atoms with Gasteiger partial charge in [-0.1, -0.05) is 30.3 Å². The summed E-state index contributed by atoms with van der Waals surface area (Å²) in [5.74, 6) is 0. The van der Waals surface area contributed by atoms with Gasteiger partial charge in [0.25, 0.3) is 0 Å². The Hall–Kier alpha value is -0.900. The highest BCUT2D eigenvalue weighted by atomic mass is 16.5. The van der Waals surface area contributed by atoms with Crippen LogP contribution < -0.4 is 5.48 Å². The van der Waals surface area contributed by atoms with Crippen LogP contribution in [0.3, 0.4) is 0 Å². The van der Waals surface area contributed by atoms with Crippen LogP contribution in [0.1, 0.15) is 25.3 Å². The van der Waals surface area contributed by atoms with Crippen LogP contribution in [-0.2, 0) is 5.54 Å². The van der Waals surface area contributed by atoms with E-state index in [1.54, 1.807) is 0 Å². The summed E-state index contributed by atoms with van der Waals surface area (Å²) in [4.78, 5) is 2.29. The van der Waals surface area contributed by atoms with Crippen LogP contribution in [0.4, 0.5) is 0 Å². The molecule has 3 nitrogen and oxygen atoms in total. The molecular formula is C13H20N2O. The normalized spacial score (nSPS) is 31.6. The topological polar surface area (TPSA) is 35.5 Å². The van der Waals surface area contributed by atoms with E-state index in [4.69, 9.17) is 0 Å². The molecular weight excluding hydrogens is 200 g/mol. The molecule has 0 radical (unpaired) electrons. The lowest BCUT2D eigenvalue weighted by atomic mass is 9.81. The van der Waals surface area contributed by atoms with E-state index >= 15 is 0 Å². The Bertz CT molecular complexity index is 341. The summed E-state index contributed by atoms with van der Waals surface area (Å²) in [6.45, 7) is 3.07. The monoisotopic (exact) mass is 220 g/mol. The van der Waals surface area contributed by atoms with Crippen molar-refractivity contribution in [3.8, 4) is 0 Å². The number of nitrogens with one attached hydrogen (secondary N) is 1. The van der Waals surface area contributed by atoms with Crippen molar-refractivity contribution >= 4 is 0 Å². The number of likely N-dealkylation sites (N-methyl/N-ethyl adjacent to an activating group) is 1. The van der Waals surface area contributed by atoms with Crippen molar-refractivity contribution in [2.45, 2.75) is 31.3 Å². The second-order valence-corrected chi connectivity index (χ2v) is 4.86. The van der Waals surface area contributed by atoms with Crippen molar-refractivity contribution in [1.29, 1.82) is 0 Å². The predicted octanol–water partition coefficient (Wildman–Crippen LogP) is 1.97. The second kappa shape index (κ2) is 4.53. The first kappa shape index (κ1) is 11.6. The smallest absolute Gasteiger partial charge is 0.0805 e. The van der Waals surface area contributed by atoms with Gasteiger partial charge in [-0.15, -0.1) is 0 Å². The molecule has 3 heteroatoms. The van der Waals surface area contributed by atoms with Gasteiger partial charge in [-0.2, -0.15) is 5.48 Å². The Morgan fingerprint density at radius 1 is 1.38 bits per heavy atom. The van der Waals surface area contributed by atoms with E-state index < -0.39 is 0 Å². The third kappa shape index (κ3) is 1.98. The van der Waals surface area contributed by atoms with Crippen molar-refractivity contribution < 1.29 is 5.21 Å². The molecule has 1 heterocycles. The minimum atomic E-state index is -0.303. The Labute approximate surface area is 97.0 Å². The summed E-state index contributed by atoms with van der Waals surface area (Å²) in [6, 6.07) is 10.8. The highest BCUT2D eigenvalue weighted by Gasteiger charge is 2.37. The average Bonchev–Trinajstić information content (AvgIpc) is 2.34. The molecule has 0 aromatic heterocycles. The van der Waals surface area contributed by atoms with Crippen molar-refractivity contribution in [3.63, 3.8) is 0 Å². The first-order valence-electron chi connectivity index (χ1n) is 5.85. The molecule has 88 valence electrons.